The minimum atomic E-state index is 0.0595. The number of carbonyl (C=O) groups excluding carboxylic acids is 1. The molecule has 0 aliphatic carbocycles. The van der Waals surface area contributed by atoms with Crippen LogP contribution in [0.1, 0.15) is 18.7 Å². The van der Waals surface area contributed by atoms with Crippen molar-refractivity contribution < 1.29 is 9.53 Å². The minimum absolute atomic E-state index is 0.0595. The predicted octanol–water partition coefficient (Wildman–Crippen LogP) is 1.06. The number of aryl methyl sites for hydroxylation is 1. The second-order valence-electron chi connectivity index (χ2n) is 7.23. The fourth-order valence-corrected chi connectivity index (χ4v) is 3.60. The second-order valence-corrected chi connectivity index (χ2v) is 7.23. The van der Waals surface area contributed by atoms with Crippen molar-refractivity contribution in [2.45, 2.75) is 32.5 Å². The van der Waals surface area contributed by atoms with Gasteiger partial charge in [-0.25, -0.2) is 4.68 Å². The third kappa shape index (κ3) is 5.18. The average Bonchev–Trinajstić information content (AvgIpc) is 3.36. The van der Waals surface area contributed by atoms with Crippen molar-refractivity contribution in [1.82, 2.24) is 35.0 Å². The summed E-state index contributed by atoms with van der Waals surface area (Å²) in [5.41, 5.74) is 1.19. The van der Waals surface area contributed by atoms with Crippen LogP contribution < -0.4 is 5.32 Å². The van der Waals surface area contributed by atoms with Gasteiger partial charge in [0.2, 0.25) is 5.91 Å². The molecule has 1 aromatic carbocycles. The maximum Gasteiger partial charge on any atom is 0.220 e. The third-order valence-corrected chi connectivity index (χ3v) is 5.20. The lowest BCUT2D eigenvalue weighted by molar-refractivity contribution is -0.121. The molecule has 3 heterocycles. The Hall–Kier alpha value is -2.78. The molecule has 1 aliphatic rings. The molecule has 0 unspecified atom stereocenters. The molecule has 9 heteroatoms. The fraction of sp³-hybridized carbons (Fsp3) is 0.500. The Labute approximate surface area is 169 Å². The summed E-state index contributed by atoms with van der Waals surface area (Å²) in [5, 5.41) is 16.2. The zero-order valence-electron chi connectivity index (χ0n) is 16.5. The molecule has 1 fully saturated rings. The van der Waals surface area contributed by atoms with E-state index in [9.17, 15) is 4.79 Å². The van der Waals surface area contributed by atoms with Crippen LogP contribution in [0.3, 0.4) is 0 Å². The standard InChI is InChI=1S/C20H27N7O2/c28-20(21-8-11-26-10-7-17-4-1-2-5-18(17)26)6-3-9-27-19(22-23-24-27)16-25-12-14-29-15-13-25/h1-2,4-5,7,10H,3,6,8-9,11-16H2,(H,21,28). The van der Waals surface area contributed by atoms with Crippen LogP contribution in [-0.2, 0) is 29.2 Å². The number of aromatic nitrogens is 5. The summed E-state index contributed by atoms with van der Waals surface area (Å²) < 4.78 is 9.33. The number of nitrogens with one attached hydrogen (secondary N) is 1. The van der Waals surface area contributed by atoms with E-state index in [-0.39, 0.29) is 5.91 Å². The molecule has 2 aromatic heterocycles. The molecule has 29 heavy (non-hydrogen) atoms. The summed E-state index contributed by atoms with van der Waals surface area (Å²) in [4.78, 5) is 14.4. The molecule has 1 amide bonds. The van der Waals surface area contributed by atoms with E-state index in [0.29, 0.717) is 32.5 Å². The summed E-state index contributed by atoms with van der Waals surface area (Å²) in [7, 11) is 0. The van der Waals surface area contributed by atoms with Crippen LogP contribution in [0.15, 0.2) is 36.5 Å². The van der Waals surface area contributed by atoms with Crippen molar-refractivity contribution in [3.05, 3.63) is 42.4 Å². The van der Waals surface area contributed by atoms with Crippen molar-refractivity contribution in [2.75, 3.05) is 32.8 Å². The van der Waals surface area contributed by atoms with Gasteiger partial charge in [-0.05, 0) is 34.4 Å². The number of benzene rings is 1. The number of amides is 1. The van der Waals surface area contributed by atoms with Gasteiger partial charge in [0, 0.05) is 50.9 Å². The van der Waals surface area contributed by atoms with E-state index in [1.807, 2.05) is 12.1 Å². The smallest absolute Gasteiger partial charge is 0.220 e. The van der Waals surface area contributed by atoms with Gasteiger partial charge in [-0.15, -0.1) is 5.10 Å². The molecular weight excluding hydrogens is 370 g/mol. The maximum absolute atomic E-state index is 12.2. The monoisotopic (exact) mass is 397 g/mol. The van der Waals surface area contributed by atoms with Gasteiger partial charge in [0.1, 0.15) is 0 Å². The van der Waals surface area contributed by atoms with Crippen molar-refractivity contribution in [1.29, 1.82) is 0 Å². The van der Waals surface area contributed by atoms with Crippen LogP contribution in [0.25, 0.3) is 10.9 Å². The van der Waals surface area contributed by atoms with Crippen molar-refractivity contribution >= 4 is 16.8 Å². The zero-order valence-corrected chi connectivity index (χ0v) is 16.5. The van der Waals surface area contributed by atoms with Gasteiger partial charge in [0.15, 0.2) is 5.82 Å². The highest BCUT2D eigenvalue weighted by molar-refractivity contribution is 5.80. The number of nitrogens with zero attached hydrogens (tertiary/aromatic N) is 6. The Morgan fingerprint density at radius 2 is 2.00 bits per heavy atom. The van der Waals surface area contributed by atoms with Crippen molar-refractivity contribution in [3.8, 4) is 0 Å². The van der Waals surface area contributed by atoms with E-state index in [1.54, 1.807) is 4.68 Å². The molecule has 1 saturated heterocycles. The Kier molecular flexibility index (Phi) is 6.48. The number of carbonyl (C=O) groups is 1. The highest BCUT2D eigenvalue weighted by Gasteiger charge is 2.15. The van der Waals surface area contributed by atoms with E-state index < -0.39 is 0 Å². The summed E-state index contributed by atoms with van der Waals surface area (Å²) in [5.74, 6) is 0.899. The number of fused-ring (bicyclic) bond motifs is 1. The average molecular weight is 397 g/mol. The maximum atomic E-state index is 12.2. The van der Waals surface area contributed by atoms with Gasteiger partial charge in [0.05, 0.1) is 19.8 Å². The highest BCUT2D eigenvalue weighted by atomic mass is 16.5. The first-order chi connectivity index (χ1) is 14.3. The van der Waals surface area contributed by atoms with E-state index in [1.165, 1.54) is 10.9 Å². The topological polar surface area (TPSA) is 90.1 Å². The second kappa shape index (κ2) is 9.62. The molecule has 4 rings (SSSR count). The van der Waals surface area contributed by atoms with Gasteiger partial charge >= 0.3 is 0 Å². The number of hydrogen-bond donors (Lipinski definition) is 1. The minimum Gasteiger partial charge on any atom is -0.379 e. The Morgan fingerprint density at radius 1 is 1.14 bits per heavy atom. The molecule has 9 nitrogen and oxygen atoms in total. The van der Waals surface area contributed by atoms with Crippen LogP contribution >= 0.6 is 0 Å². The molecule has 154 valence electrons. The molecule has 1 N–H and O–H groups in total. The quantitative estimate of drug-likeness (QED) is 0.581. The van der Waals surface area contributed by atoms with Crippen LogP contribution in [0.5, 0.6) is 0 Å². The fourth-order valence-electron chi connectivity index (χ4n) is 3.60. The lowest BCUT2D eigenvalue weighted by atomic mass is 10.2. The number of para-hydroxylation sites is 1. The van der Waals surface area contributed by atoms with Gasteiger partial charge in [-0.3, -0.25) is 9.69 Å². The number of hydrogen-bond acceptors (Lipinski definition) is 6. The van der Waals surface area contributed by atoms with E-state index in [2.05, 4.69) is 54.7 Å². The van der Waals surface area contributed by atoms with Gasteiger partial charge in [-0.1, -0.05) is 18.2 Å². The van der Waals surface area contributed by atoms with Crippen molar-refractivity contribution in [2.24, 2.45) is 0 Å². The molecule has 0 atom stereocenters. The van der Waals surface area contributed by atoms with E-state index in [4.69, 9.17) is 4.74 Å². The lowest BCUT2D eigenvalue weighted by Crippen LogP contribution is -2.36. The first-order valence-corrected chi connectivity index (χ1v) is 10.2. The van der Waals surface area contributed by atoms with Crippen LogP contribution in [0.4, 0.5) is 0 Å². The molecule has 0 radical (unpaired) electrons. The lowest BCUT2D eigenvalue weighted by Gasteiger charge is -2.25. The van der Waals surface area contributed by atoms with Gasteiger partial charge < -0.3 is 14.6 Å². The normalized spacial score (nSPS) is 15.0. The SMILES string of the molecule is O=C(CCCn1nnnc1CN1CCOCC1)NCCn1ccc2ccccc21. The molecule has 1 aliphatic heterocycles. The first-order valence-electron chi connectivity index (χ1n) is 10.2. The highest BCUT2D eigenvalue weighted by Crippen LogP contribution is 2.14. The zero-order chi connectivity index (χ0) is 19.9. The van der Waals surface area contributed by atoms with Crippen LogP contribution in [-0.4, -0.2) is 68.4 Å². The molecule has 0 spiro atoms. The van der Waals surface area contributed by atoms with E-state index >= 15 is 0 Å². The Morgan fingerprint density at radius 3 is 2.90 bits per heavy atom. The van der Waals surface area contributed by atoms with E-state index in [0.717, 1.165) is 38.7 Å². The summed E-state index contributed by atoms with van der Waals surface area (Å²) in [6.45, 7) is 6.02. The summed E-state index contributed by atoms with van der Waals surface area (Å²) >= 11 is 0. The van der Waals surface area contributed by atoms with Crippen LogP contribution in [0, 0.1) is 0 Å². The third-order valence-electron chi connectivity index (χ3n) is 5.20. The predicted molar refractivity (Wildman–Crippen MR) is 108 cm³/mol. The Balaban J connectivity index is 1.17. The molecular formula is C20H27N7O2. The Bertz CT molecular complexity index is 930. The number of rotatable bonds is 9. The summed E-state index contributed by atoms with van der Waals surface area (Å²) in [6, 6.07) is 10.3. The molecule has 0 saturated carbocycles. The number of tetrazole rings is 1. The van der Waals surface area contributed by atoms with Crippen LogP contribution in [0.2, 0.25) is 0 Å². The largest absolute Gasteiger partial charge is 0.379 e. The number of morpholine rings is 1. The molecule has 3 aromatic rings. The van der Waals surface area contributed by atoms with Crippen molar-refractivity contribution in [3.63, 3.8) is 0 Å². The first kappa shape index (κ1) is 19.5. The summed E-state index contributed by atoms with van der Waals surface area (Å²) in [6.07, 6.45) is 3.23. The van der Waals surface area contributed by atoms with Gasteiger partial charge in [-0.2, -0.15) is 0 Å². The van der Waals surface area contributed by atoms with Gasteiger partial charge in [0.25, 0.3) is 0 Å². The number of ether oxygens (including phenoxy) is 1. The molecule has 0 bridgehead atoms.